The van der Waals surface area contributed by atoms with E-state index in [1.165, 1.54) is 11.8 Å². The lowest BCUT2D eigenvalue weighted by atomic mass is 9.84. The average molecular weight is 303 g/mol. The van der Waals surface area contributed by atoms with Gasteiger partial charge < -0.3 is 5.32 Å². The number of benzene rings is 1. The molecule has 6 heteroatoms. The fraction of sp³-hybridized carbons (Fsp3) is 0.400. The molecule has 1 aromatic rings. The Hall–Kier alpha value is -1.82. The molecule has 0 saturated carbocycles. The smallest absolute Gasteiger partial charge is 0.299 e. The van der Waals surface area contributed by atoms with Crippen LogP contribution in [-0.4, -0.2) is 22.1 Å². The molecule has 2 amide bonds. The first kappa shape index (κ1) is 14.1. The van der Waals surface area contributed by atoms with Crippen LogP contribution in [0, 0.1) is 6.92 Å². The van der Waals surface area contributed by atoms with Crippen LogP contribution in [0.4, 0.5) is 10.5 Å². The third kappa shape index (κ3) is 2.14. The van der Waals surface area contributed by atoms with Crippen molar-refractivity contribution >= 4 is 34.3 Å². The maximum Gasteiger partial charge on any atom is 0.299 e. The van der Waals surface area contributed by atoms with Gasteiger partial charge in [0.15, 0.2) is 0 Å². The van der Waals surface area contributed by atoms with E-state index in [-0.39, 0.29) is 16.4 Å². The molecule has 1 atom stereocenters. The molecule has 5 nitrogen and oxygen atoms in total. The molecule has 2 heterocycles. The van der Waals surface area contributed by atoms with Crippen LogP contribution >= 0.6 is 11.8 Å². The number of carbonyl (C=O) groups excluding carboxylic acids is 2. The molecule has 0 radical (unpaired) electrons. The number of thioether (sulfide) groups is 1. The van der Waals surface area contributed by atoms with Crippen LogP contribution in [0.1, 0.15) is 37.5 Å². The predicted octanol–water partition coefficient (Wildman–Crippen LogP) is 2.77. The topological polar surface area (TPSA) is 70.6 Å². The van der Waals surface area contributed by atoms with Gasteiger partial charge >= 0.3 is 0 Å². The van der Waals surface area contributed by atoms with Crippen molar-refractivity contribution in [3.05, 3.63) is 28.8 Å². The molecule has 1 unspecified atom stereocenters. The summed E-state index contributed by atoms with van der Waals surface area (Å²) in [7, 11) is 0. The molecule has 2 N–H and O–H groups in total. The molecular formula is C15H17N3O2S. The first-order chi connectivity index (χ1) is 9.80. The second kappa shape index (κ2) is 4.59. The van der Waals surface area contributed by atoms with Gasteiger partial charge in [0.05, 0.1) is 16.4 Å². The Kier molecular flexibility index (Phi) is 3.09. The van der Waals surface area contributed by atoms with Crippen LogP contribution in [0.15, 0.2) is 17.2 Å². The molecule has 3 rings (SSSR count). The molecule has 0 fully saturated rings. The Balaban J connectivity index is 2.12. The fourth-order valence-corrected chi connectivity index (χ4v) is 3.43. The zero-order valence-corrected chi connectivity index (χ0v) is 13.2. The van der Waals surface area contributed by atoms with Crippen molar-refractivity contribution in [1.82, 2.24) is 5.43 Å². The van der Waals surface area contributed by atoms with Gasteiger partial charge in [0.25, 0.3) is 5.24 Å². The number of hydrazone groups is 1. The van der Waals surface area contributed by atoms with E-state index < -0.39 is 5.41 Å². The van der Waals surface area contributed by atoms with Crippen molar-refractivity contribution < 1.29 is 9.59 Å². The number of hydrogen-bond donors (Lipinski definition) is 2. The third-order valence-electron chi connectivity index (χ3n) is 4.07. The molecule has 0 spiro atoms. The Morgan fingerprint density at radius 1 is 1.29 bits per heavy atom. The molecular weight excluding hydrogens is 286 g/mol. The van der Waals surface area contributed by atoms with Crippen LogP contribution < -0.4 is 10.7 Å². The summed E-state index contributed by atoms with van der Waals surface area (Å²) in [6.45, 7) is 7.78. The van der Waals surface area contributed by atoms with E-state index in [1.54, 1.807) is 0 Å². The summed E-state index contributed by atoms with van der Waals surface area (Å²) < 4.78 is 0. The molecule has 0 bridgehead atoms. The summed E-state index contributed by atoms with van der Waals surface area (Å²) in [5, 5.41) is 6.98. The molecule has 1 aromatic carbocycles. The second-order valence-electron chi connectivity index (χ2n) is 5.95. The Bertz CT molecular complexity index is 694. The summed E-state index contributed by atoms with van der Waals surface area (Å²) in [5.41, 5.74) is 6.67. The van der Waals surface area contributed by atoms with Crippen molar-refractivity contribution in [3.63, 3.8) is 0 Å². The first-order valence-corrected chi connectivity index (χ1v) is 7.70. The van der Waals surface area contributed by atoms with Crippen LogP contribution in [-0.2, 0) is 10.2 Å². The molecule has 0 aliphatic carbocycles. The number of nitrogens with one attached hydrogen (secondary N) is 2. The first-order valence-electron chi connectivity index (χ1n) is 6.82. The van der Waals surface area contributed by atoms with E-state index in [9.17, 15) is 9.59 Å². The maximum atomic E-state index is 12.1. The number of amides is 2. The van der Waals surface area contributed by atoms with Crippen molar-refractivity contribution in [3.8, 4) is 0 Å². The van der Waals surface area contributed by atoms with E-state index in [2.05, 4.69) is 15.8 Å². The van der Waals surface area contributed by atoms with E-state index in [1.807, 2.05) is 39.8 Å². The average Bonchev–Trinajstić information content (AvgIpc) is 2.60. The molecule has 110 valence electrons. The standard InChI is InChI=1S/C15H17N3O2S/c1-7-5-11-10(15(3,4)13(19)16-11)6-9(7)12-8(2)21-14(20)18-17-12/h5-6,8H,1-4H3,(H,16,19)(H,18,20). The van der Waals surface area contributed by atoms with Crippen LogP contribution in [0.5, 0.6) is 0 Å². The number of aryl methyl sites for hydroxylation is 1. The van der Waals surface area contributed by atoms with Crippen LogP contribution in [0.3, 0.4) is 0 Å². The SMILES string of the molecule is Cc1cc2c(cc1C1=NNC(=O)SC1C)C(C)(C)C(=O)N2. The predicted molar refractivity (Wildman–Crippen MR) is 85.0 cm³/mol. The Morgan fingerprint density at radius 2 is 2.00 bits per heavy atom. The van der Waals surface area contributed by atoms with Gasteiger partial charge in [0.1, 0.15) is 0 Å². The minimum Gasteiger partial charge on any atom is -0.325 e. The van der Waals surface area contributed by atoms with Gasteiger partial charge in [-0.15, -0.1) is 0 Å². The summed E-state index contributed by atoms with van der Waals surface area (Å²) in [5.74, 6) is 0.00959. The highest BCUT2D eigenvalue weighted by molar-refractivity contribution is 8.14. The van der Waals surface area contributed by atoms with Gasteiger partial charge in [0, 0.05) is 11.3 Å². The van der Waals surface area contributed by atoms with Crippen LogP contribution in [0.25, 0.3) is 0 Å². The van der Waals surface area contributed by atoms with Gasteiger partial charge in [-0.25, -0.2) is 5.43 Å². The normalized spacial score (nSPS) is 23.2. The van der Waals surface area contributed by atoms with Gasteiger partial charge in [-0.2, -0.15) is 5.10 Å². The quantitative estimate of drug-likeness (QED) is 0.838. The van der Waals surface area contributed by atoms with Crippen molar-refractivity contribution in [2.75, 3.05) is 5.32 Å². The number of nitrogens with zero attached hydrogens (tertiary/aromatic N) is 1. The van der Waals surface area contributed by atoms with Gasteiger partial charge in [-0.1, -0.05) is 11.8 Å². The summed E-state index contributed by atoms with van der Waals surface area (Å²) in [6, 6.07) is 4.00. The number of anilines is 1. The fourth-order valence-electron chi connectivity index (χ4n) is 2.72. The summed E-state index contributed by atoms with van der Waals surface area (Å²) in [4.78, 5) is 23.4. The lowest BCUT2D eigenvalue weighted by Gasteiger charge is -2.22. The van der Waals surface area contributed by atoms with Gasteiger partial charge in [-0.3, -0.25) is 9.59 Å². The lowest BCUT2D eigenvalue weighted by molar-refractivity contribution is -0.119. The van der Waals surface area contributed by atoms with Gasteiger partial charge in [-0.05, 0) is 51.0 Å². The van der Waals surface area contributed by atoms with E-state index in [4.69, 9.17) is 0 Å². The number of carbonyl (C=O) groups is 2. The highest BCUT2D eigenvalue weighted by Crippen LogP contribution is 2.39. The van der Waals surface area contributed by atoms with Crippen molar-refractivity contribution in [1.29, 1.82) is 0 Å². The molecule has 0 aromatic heterocycles. The maximum absolute atomic E-state index is 12.1. The highest BCUT2D eigenvalue weighted by Gasteiger charge is 2.39. The van der Waals surface area contributed by atoms with Crippen LogP contribution in [0.2, 0.25) is 0 Å². The third-order valence-corrected chi connectivity index (χ3v) is 4.95. The molecule has 2 aliphatic rings. The summed E-state index contributed by atoms with van der Waals surface area (Å²) >= 11 is 1.22. The Morgan fingerprint density at radius 3 is 2.67 bits per heavy atom. The van der Waals surface area contributed by atoms with Gasteiger partial charge in [0.2, 0.25) is 5.91 Å². The van der Waals surface area contributed by atoms with Crippen molar-refractivity contribution in [2.24, 2.45) is 5.10 Å². The zero-order chi connectivity index (χ0) is 15.4. The van der Waals surface area contributed by atoms with E-state index in [0.717, 1.165) is 28.1 Å². The molecule has 0 saturated heterocycles. The molecule has 2 aliphatic heterocycles. The minimum atomic E-state index is -0.549. The second-order valence-corrected chi connectivity index (χ2v) is 7.26. The number of fused-ring (bicyclic) bond motifs is 1. The zero-order valence-electron chi connectivity index (χ0n) is 12.4. The number of rotatable bonds is 1. The Labute approximate surface area is 127 Å². The van der Waals surface area contributed by atoms with Crippen molar-refractivity contribution in [2.45, 2.75) is 38.4 Å². The number of hydrogen-bond acceptors (Lipinski definition) is 4. The molecule has 21 heavy (non-hydrogen) atoms. The largest absolute Gasteiger partial charge is 0.325 e. The monoisotopic (exact) mass is 303 g/mol. The van der Waals surface area contributed by atoms with E-state index in [0.29, 0.717) is 0 Å². The highest BCUT2D eigenvalue weighted by atomic mass is 32.2. The lowest BCUT2D eigenvalue weighted by Crippen LogP contribution is -2.31. The van der Waals surface area contributed by atoms with E-state index >= 15 is 0 Å². The summed E-state index contributed by atoms with van der Waals surface area (Å²) in [6.07, 6.45) is 0. The minimum absolute atomic E-state index is 0.00959.